The number of hydrogen-bond acceptors (Lipinski definition) is 2. The number of unbranched alkanes of at least 4 members (excludes halogenated alkanes) is 2. The van der Waals surface area contributed by atoms with Crippen molar-refractivity contribution < 1.29 is 4.74 Å². The van der Waals surface area contributed by atoms with Gasteiger partial charge in [-0.3, -0.25) is 0 Å². The normalized spacial score (nSPS) is 10.5. The smallest absolute Gasteiger partial charge is 0.119 e. The average Bonchev–Trinajstić information content (AvgIpc) is 2.50. The third kappa shape index (κ3) is 5.78. The molecule has 0 unspecified atom stereocenters. The van der Waals surface area contributed by atoms with Gasteiger partial charge in [-0.05, 0) is 42.3 Å². The highest BCUT2D eigenvalue weighted by molar-refractivity contribution is 6.35. The average molecular weight is 338 g/mol. The van der Waals surface area contributed by atoms with Crippen molar-refractivity contribution in [2.75, 3.05) is 11.9 Å². The Hall–Kier alpha value is -1.38. The predicted molar refractivity (Wildman–Crippen MR) is 95.3 cm³/mol. The molecule has 0 saturated carbocycles. The first-order chi connectivity index (χ1) is 10.7. The van der Waals surface area contributed by atoms with Gasteiger partial charge >= 0.3 is 0 Å². The van der Waals surface area contributed by atoms with Gasteiger partial charge in [0.25, 0.3) is 0 Å². The molecule has 0 aliphatic rings. The highest BCUT2D eigenvalue weighted by Crippen LogP contribution is 2.23. The third-order valence-corrected chi connectivity index (χ3v) is 3.74. The fraction of sp³-hybridized carbons (Fsp3) is 0.333. The zero-order chi connectivity index (χ0) is 15.8. The van der Waals surface area contributed by atoms with Crippen LogP contribution in [-0.4, -0.2) is 6.61 Å². The van der Waals surface area contributed by atoms with E-state index in [9.17, 15) is 0 Å². The second-order valence-corrected chi connectivity index (χ2v) is 6.08. The van der Waals surface area contributed by atoms with Gasteiger partial charge in [0, 0.05) is 22.3 Å². The molecule has 2 rings (SSSR count). The molecule has 0 saturated heterocycles. The summed E-state index contributed by atoms with van der Waals surface area (Å²) < 4.78 is 5.70. The minimum Gasteiger partial charge on any atom is -0.494 e. The van der Waals surface area contributed by atoms with E-state index >= 15 is 0 Å². The Bertz CT molecular complexity index is 564. The fourth-order valence-corrected chi connectivity index (χ4v) is 2.63. The largest absolute Gasteiger partial charge is 0.494 e. The number of benzene rings is 2. The zero-order valence-corrected chi connectivity index (χ0v) is 14.3. The maximum atomic E-state index is 5.98. The van der Waals surface area contributed by atoms with Crippen molar-refractivity contribution in [3.63, 3.8) is 0 Å². The molecule has 0 radical (unpaired) electrons. The van der Waals surface area contributed by atoms with Crippen molar-refractivity contribution in [3.8, 4) is 5.75 Å². The van der Waals surface area contributed by atoms with E-state index < -0.39 is 0 Å². The molecule has 0 aromatic heterocycles. The van der Waals surface area contributed by atoms with Crippen molar-refractivity contribution in [2.45, 2.75) is 32.7 Å². The SMILES string of the molecule is CCCCCOc1ccc(CNc2cc(Cl)cc(Cl)c2)cc1. The van der Waals surface area contributed by atoms with E-state index in [0.29, 0.717) is 16.6 Å². The van der Waals surface area contributed by atoms with Gasteiger partial charge in [0.2, 0.25) is 0 Å². The van der Waals surface area contributed by atoms with Crippen LogP contribution < -0.4 is 10.1 Å². The first-order valence-corrected chi connectivity index (χ1v) is 8.34. The van der Waals surface area contributed by atoms with Gasteiger partial charge in [-0.25, -0.2) is 0 Å². The lowest BCUT2D eigenvalue weighted by Gasteiger charge is -2.09. The Kier molecular flexibility index (Phi) is 6.88. The Balaban J connectivity index is 1.83. The molecule has 0 bridgehead atoms. The predicted octanol–water partition coefficient (Wildman–Crippen LogP) is 6.17. The van der Waals surface area contributed by atoms with Crippen LogP contribution in [0.25, 0.3) is 0 Å². The second-order valence-electron chi connectivity index (χ2n) is 5.21. The highest BCUT2D eigenvalue weighted by Gasteiger charge is 1.99. The third-order valence-electron chi connectivity index (χ3n) is 3.30. The van der Waals surface area contributed by atoms with Crippen LogP contribution in [-0.2, 0) is 6.54 Å². The van der Waals surface area contributed by atoms with E-state index in [-0.39, 0.29) is 0 Å². The molecule has 0 fully saturated rings. The molecule has 2 aromatic rings. The zero-order valence-electron chi connectivity index (χ0n) is 12.7. The number of rotatable bonds is 8. The van der Waals surface area contributed by atoms with Crippen LogP contribution in [0.4, 0.5) is 5.69 Å². The van der Waals surface area contributed by atoms with Gasteiger partial charge in [0.05, 0.1) is 6.61 Å². The first-order valence-electron chi connectivity index (χ1n) is 7.59. The summed E-state index contributed by atoms with van der Waals surface area (Å²) in [6.07, 6.45) is 3.53. The number of nitrogens with one attached hydrogen (secondary N) is 1. The number of hydrogen-bond donors (Lipinski definition) is 1. The summed E-state index contributed by atoms with van der Waals surface area (Å²) in [4.78, 5) is 0. The van der Waals surface area contributed by atoms with Gasteiger partial charge in [0.15, 0.2) is 0 Å². The van der Waals surface area contributed by atoms with Gasteiger partial charge in [-0.2, -0.15) is 0 Å². The Morgan fingerprint density at radius 3 is 2.27 bits per heavy atom. The molecular formula is C18H21Cl2NO. The number of halogens is 2. The maximum Gasteiger partial charge on any atom is 0.119 e. The van der Waals surface area contributed by atoms with Gasteiger partial charge in [-0.15, -0.1) is 0 Å². The summed E-state index contributed by atoms with van der Waals surface area (Å²) in [7, 11) is 0. The van der Waals surface area contributed by atoms with E-state index in [2.05, 4.69) is 24.4 Å². The van der Waals surface area contributed by atoms with Crippen LogP contribution in [0.15, 0.2) is 42.5 Å². The van der Waals surface area contributed by atoms with Crippen molar-refractivity contribution in [1.29, 1.82) is 0 Å². The number of ether oxygens (including phenoxy) is 1. The summed E-state index contributed by atoms with van der Waals surface area (Å²) >= 11 is 12.0. The second kappa shape index (κ2) is 8.92. The molecule has 118 valence electrons. The molecule has 0 aliphatic carbocycles. The van der Waals surface area contributed by atoms with Crippen molar-refractivity contribution in [3.05, 3.63) is 58.1 Å². The lowest BCUT2D eigenvalue weighted by molar-refractivity contribution is 0.306. The monoisotopic (exact) mass is 337 g/mol. The molecule has 1 N–H and O–H groups in total. The van der Waals surface area contributed by atoms with Gasteiger partial charge < -0.3 is 10.1 Å². The molecule has 0 spiro atoms. The van der Waals surface area contributed by atoms with Crippen LogP contribution in [0.2, 0.25) is 10.0 Å². The lowest BCUT2D eigenvalue weighted by atomic mass is 10.2. The Morgan fingerprint density at radius 2 is 1.64 bits per heavy atom. The quantitative estimate of drug-likeness (QED) is 0.581. The standard InChI is InChI=1S/C18H21Cl2NO/c1-2-3-4-9-22-18-7-5-14(6-8-18)13-21-17-11-15(19)10-16(20)12-17/h5-8,10-12,21H,2-4,9,13H2,1H3. The molecule has 0 amide bonds. The van der Waals surface area contributed by atoms with Crippen LogP contribution >= 0.6 is 23.2 Å². The van der Waals surface area contributed by atoms with Gasteiger partial charge in [0.1, 0.15) is 5.75 Å². The molecule has 0 aliphatic heterocycles. The highest BCUT2D eigenvalue weighted by atomic mass is 35.5. The molecule has 2 nitrogen and oxygen atoms in total. The Labute approximate surface area is 142 Å². The van der Waals surface area contributed by atoms with Crippen LogP contribution in [0.5, 0.6) is 5.75 Å². The first kappa shape index (κ1) is 17.0. The minimum atomic E-state index is 0.630. The molecule has 0 atom stereocenters. The summed E-state index contributed by atoms with van der Waals surface area (Å²) in [5, 5.41) is 4.57. The van der Waals surface area contributed by atoms with E-state index in [1.54, 1.807) is 6.07 Å². The van der Waals surface area contributed by atoms with E-state index in [1.165, 1.54) is 18.4 Å². The molecule has 0 heterocycles. The van der Waals surface area contributed by atoms with E-state index in [4.69, 9.17) is 27.9 Å². The summed E-state index contributed by atoms with van der Waals surface area (Å²) in [5.41, 5.74) is 2.09. The molecule has 22 heavy (non-hydrogen) atoms. The summed E-state index contributed by atoms with van der Waals surface area (Å²) in [6, 6.07) is 13.6. The van der Waals surface area contributed by atoms with E-state index in [0.717, 1.165) is 24.5 Å². The van der Waals surface area contributed by atoms with E-state index in [1.807, 2.05) is 24.3 Å². The minimum absolute atomic E-state index is 0.630. The van der Waals surface area contributed by atoms with Crippen molar-refractivity contribution >= 4 is 28.9 Å². The van der Waals surface area contributed by atoms with Crippen molar-refractivity contribution in [1.82, 2.24) is 0 Å². The topological polar surface area (TPSA) is 21.3 Å². The summed E-state index contributed by atoms with van der Waals surface area (Å²) in [5.74, 6) is 0.922. The lowest BCUT2D eigenvalue weighted by Crippen LogP contribution is -2.00. The maximum absolute atomic E-state index is 5.98. The van der Waals surface area contributed by atoms with Crippen LogP contribution in [0.1, 0.15) is 31.7 Å². The van der Waals surface area contributed by atoms with Crippen LogP contribution in [0, 0.1) is 0 Å². The fourth-order valence-electron chi connectivity index (χ4n) is 2.11. The van der Waals surface area contributed by atoms with Crippen molar-refractivity contribution in [2.24, 2.45) is 0 Å². The molecule has 2 aromatic carbocycles. The van der Waals surface area contributed by atoms with Crippen LogP contribution in [0.3, 0.4) is 0 Å². The number of anilines is 1. The molecule has 4 heteroatoms. The molecular weight excluding hydrogens is 317 g/mol. The summed E-state index contributed by atoms with van der Waals surface area (Å²) in [6.45, 7) is 3.69. The Morgan fingerprint density at radius 1 is 0.955 bits per heavy atom. The van der Waals surface area contributed by atoms with Gasteiger partial charge in [-0.1, -0.05) is 55.1 Å².